The molecular formula is C18H19ClN2O3S. The number of carbonyl (C=O) groups is 2. The van der Waals surface area contributed by atoms with Crippen LogP contribution in [0.25, 0.3) is 0 Å². The van der Waals surface area contributed by atoms with E-state index in [9.17, 15) is 9.59 Å². The molecule has 0 fully saturated rings. The number of rotatable bonds is 7. The minimum atomic E-state index is -0.387. The summed E-state index contributed by atoms with van der Waals surface area (Å²) in [6.07, 6.45) is 0. The molecule has 7 heteroatoms. The van der Waals surface area contributed by atoms with Gasteiger partial charge in [-0.15, -0.1) is 11.8 Å². The number of hydrogen-bond donors (Lipinski definition) is 2. The van der Waals surface area contributed by atoms with Gasteiger partial charge in [-0.05, 0) is 37.3 Å². The Bertz CT molecular complexity index is 740. The van der Waals surface area contributed by atoms with E-state index >= 15 is 0 Å². The van der Waals surface area contributed by atoms with Crippen LogP contribution in [0.5, 0.6) is 5.75 Å². The number of anilines is 2. The van der Waals surface area contributed by atoms with E-state index in [1.165, 1.54) is 18.9 Å². The molecule has 2 aromatic carbocycles. The van der Waals surface area contributed by atoms with E-state index < -0.39 is 0 Å². The summed E-state index contributed by atoms with van der Waals surface area (Å²) in [6.45, 7) is 1.75. The average Bonchev–Trinajstić information content (AvgIpc) is 2.60. The van der Waals surface area contributed by atoms with Crippen LogP contribution < -0.4 is 15.4 Å². The highest BCUT2D eigenvalue weighted by Gasteiger charge is 2.16. The molecule has 0 aromatic heterocycles. The first kappa shape index (κ1) is 19.1. The van der Waals surface area contributed by atoms with Gasteiger partial charge in [-0.2, -0.15) is 0 Å². The minimum Gasteiger partial charge on any atom is -0.495 e. The summed E-state index contributed by atoms with van der Waals surface area (Å²) in [5.41, 5.74) is 1.31. The highest BCUT2D eigenvalue weighted by Crippen LogP contribution is 2.27. The number of benzene rings is 2. The van der Waals surface area contributed by atoms with Crippen LogP contribution >= 0.6 is 23.4 Å². The molecule has 2 aromatic rings. The molecule has 0 radical (unpaired) electrons. The van der Waals surface area contributed by atoms with Crippen molar-refractivity contribution in [3.63, 3.8) is 0 Å². The van der Waals surface area contributed by atoms with Crippen molar-refractivity contribution in [3.05, 3.63) is 53.6 Å². The molecule has 0 unspecified atom stereocenters. The standard InChI is InChI=1S/C18H19ClN2O3S/c1-12(25-11-17(22)20-13-6-4-3-5-7-13)18(23)21-14-8-9-16(24-2)15(19)10-14/h3-10,12H,11H2,1-2H3,(H,20,22)(H,21,23)/t12-/m0/s1. The molecule has 0 spiro atoms. The smallest absolute Gasteiger partial charge is 0.237 e. The molecule has 5 nitrogen and oxygen atoms in total. The van der Waals surface area contributed by atoms with Gasteiger partial charge >= 0.3 is 0 Å². The molecule has 132 valence electrons. The molecule has 2 amide bonds. The van der Waals surface area contributed by atoms with Gasteiger partial charge in [0.05, 0.1) is 23.1 Å². The monoisotopic (exact) mass is 378 g/mol. The lowest BCUT2D eigenvalue weighted by Gasteiger charge is -2.13. The number of carbonyl (C=O) groups excluding carboxylic acids is 2. The molecule has 0 bridgehead atoms. The second-order valence-electron chi connectivity index (χ2n) is 5.21. The van der Waals surface area contributed by atoms with Crippen LogP contribution in [0.4, 0.5) is 11.4 Å². The summed E-state index contributed by atoms with van der Waals surface area (Å²) < 4.78 is 5.07. The Kier molecular flexibility index (Phi) is 7.16. The maximum absolute atomic E-state index is 12.2. The number of para-hydroxylation sites is 1. The minimum absolute atomic E-state index is 0.150. The topological polar surface area (TPSA) is 67.4 Å². The van der Waals surface area contributed by atoms with E-state index in [1.54, 1.807) is 25.1 Å². The van der Waals surface area contributed by atoms with Crippen molar-refractivity contribution < 1.29 is 14.3 Å². The molecule has 0 aliphatic heterocycles. The van der Waals surface area contributed by atoms with Crippen LogP contribution in [0.2, 0.25) is 5.02 Å². The van der Waals surface area contributed by atoms with Gasteiger partial charge in [-0.1, -0.05) is 29.8 Å². The lowest BCUT2D eigenvalue weighted by Crippen LogP contribution is -2.25. The summed E-state index contributed by atoms with van der Waals surface area (Å²) in [5, 5.41) is 5.59. The average molecular weight is 379 g/mol. The van der Waals surface area contributed by atoms with Crippen LogP contribution in [0.15, 0.2) is 48.5 Å². The van der Waals surface area contributed by atoms with Crippen molar-refractivity contribution in [3.8, 4) is 5.75 Å². The fraction of sp³-hybridized carbons (Fsp3) is 0.222. The zero-order chi connectivity index (χ0) is 18.2. The third kappa shape index (κ3) is 5.99. The molecule has 0 saturated carbocycles. The molecule has 2 N–H and O–H groups in total. The van der Waals surface area contributed by atoms with Gasteiger partial charge in [0.1, 0.15) is 5.75 Å². The number of amides is 2. The zero-order valence-corrected chi connectivity index (χ0v) is 15.5. The Balaban J connectivity index is 1.81. The lowest BCUT2D eigenvalue weighted by molar-refractivity contribution is -0.115. The van der Waals surface area contributed by atoms with Gasteiger partial charge in [0.25, 0.3) is 0 Å². The third-order valence-corrected chi connectivity index (χ3v) is 4.75. The van der Waals surface area contributed by atoms with Gasteiger partial charge in [0.15, 0.2) is 0 Å². The van der Waals surface area contributed by atoms with E-state index in [4.69, 9.17) is 16.3 Å². The van der Waals surface area contributed by atoms with Crippen LogP contribution in [0.3, 0.4) is 0 Å². The van der Waals surface area contributed by atoms with Gasteiger partial charge in [-0.25, -0.2) is 0 Å². The third-order valence-electron chi connectivity index (χ3n) is 3.31. The number of methoxy groups -OCH3 is 1. The maximum atomic E-state index is 12.2. The quantitative estimate of drug-likeness (QED) is 0.762. The largest absolute Gasteiger partial charge is 0.495 e. The van der Waals surface area contributed by atoms with Crippen LogP contribution in [0.1, 0.15) is 6.92 Å². The van der Waals surface area contributed by atoms with E-state index in [1.807, 2.05) is 30.3 Å². The van der Waals surface area contributed by atoms with Gasteiger partial charge in [-0.3, -0.25) is 9.59 Å². The SMILES string of the molecule is COc1ccc(NC(=O)[C@H](C)SCC(=O)Nc2ccccc2)cc1Cl. The van der Waals surface area contributed by atoms with E-state index in [0.29, 0.717) is 16.5 Å². The maximum Gasteiger partial charge on any atom is 0.237 e. The van der Waals surface area contributed by atoms with E-state index in [-0.39, 0.29) is 22.8 Å². The summed E-state index contributed by atoms with van der Waals surface area (Å²) in [7, 11) is 1.53. The Morgan fingerprint density at radius 1 is 1.12 bits per heavy atom. The molecule has 1 atom stereocenters. The van der Waals surface area contributed by atoms with Crippen LogP contribution in [-0.2, 0) is 9.59 Å². The van der Waals surface area contributed by atoms with Gasteiger partial charge < -0.3 is 15.4 Å². The van der Waals surface area contributed by atoms with Crippen molar-refractivity contribution in [1.82, 2.24) is 0 Å². The van der Waals surface area contributed by atoms with Crippen molar-refractivity contribution in [2.24, 2.45) is 0 Å². The van der Waals surface area contributed by atoms with Crippen molar-refractivity contribution >= 4 is 46.6 Å². The van der Waals surface area contributed by atoms with Crippen molar-refractivity contribution in [2.75, 3.05) is 23.5 Å². The number of thioether (sulfide) groups is 1. The Morgan fingerprint density at radius 2 is 1.84 bits per heavy atom. The second-order valence-corrected chi connectivity index (χ2v) is 6.94. The zero-order valence-electron chi connectivity index (χ0n) is 13.9. The van der Waals surface area contributed by atoms with Crippen molar-refractivity contribution in [2.45, 2.75) is 12.2 Å². The first-order chi connectivity index (χ1) is 12.0. The molecule has 0 aliphatic rings. The highest BCUT2D eigenvalue weighted by molar-refractivity contribution is 8.01. The molecule has 0 saturated heterocycles. The predicted molar refractivity (Wildman–Crippen MR) is 104 cm³/mol. The molecule has 0 aliphatic carbocycles. The van der Waals surface area contributed by atoms with Gasteiger partial charge in [0, 0.05) is 11.4 Å². The van der Waals surface area contributed by atoms with Crippen molar-refractivity contribution in [1.29, 1.82) is 0 Å². The number of ether oxygens (including phenoxy) is 1. The molecule has 2 rings (SSSR count). The Morgan fingerprint density at radius 3 is 2.48 bits per heavy atom. The Labute approximate surface area is 156 Å². The molecule has 25 heavy (non-hydrogen) atoms. The fourth-order valence-electron chi connectivity index (χ4n) is 1.98. The first-order valence-corrected chi connectivity index (χ1v) is 9.03. The summed E-state index contributed by atoms with van der Waals surface area (Å²) >= 11 is 7.30. The number of nitrogens with one attached hydrogen (secondary N) is 2. The molecule has 0 heterocycles. The lowest BCUT2D eigenvalue weighted by atomic mass is 10.3. The summed E-state index contributed by atoms with van der Waals surface area (Å²) in [4.78, 5) is 24.1. The Hall–Kier alpha value is -2.18. The summed E-state index contributed by atoms with van der Waals surface area (Å²) in [5.74, 6) is 0.383. The molecular weight excluding hydrogens is 360 g/mol. The summed E-state index contributed by atoms with van der Waals surface area (Å²) in [6, 6.07) is 14.2. The number of halogens is 1. The van der Waals surface area contributed by atoms with Gasteiger partial charge in [0.2, 0.25) is 11.8 Å². The van der Waals surface area contributed by atoms with Crippen LogP contribution in [-0.4, -0.2) is 29.9 Å². The first-order valence-electron chi connectivity index (χ1n) is 7.60. The van der Waals surface area contributed by atoms with E-state index in [0.717, 1.165) is 5.69 Å². The predicted octanol–water partition coefficient (Wildman–Crippen LogP) is 4.05. The highest BCUT2D eigenvalue weighted by atomic mass is 35.5. The normalized spacial score (nSPS) is 11.5. The van der Waals surface area contributed by atoms with E-state index in [2.05, 4.69) is 10.6 Å². The fourth-order valence-corrected chi connectivity index (χ4v) is 2.92. The number of hydrogen-bond acceptors (Lipinski definition) is 4. The van der Waals surface area contributed by atoms with Crippen LogP contribution in [0, 0.1) is 0 Å². The second kappa shape index (κ2) is 9.34.